The maximum atomic E-state index is 13.3. The van der Waals surface area contributed by atoms with Crippen LogP contribution in [0.1, 0.15) is 70.4 Å². The summed E-state index contributed by atoms with van der Waals surface area (Å²) in [5.74, 6) is 1.54. The zero-order valence-electron chi connectivity index (χ0n) is 25.9. The number of anilines is 1. The third-order valence-electron chi connectivity index (χ3n) is 8.04. The first-order chi connectivity index (χ1) is 21.0. The van der Waals surface area contributed by atoms with Gasteiger partial charge in [-0.15, -0.1) is 0 Å². The molecule has 1 aliphatic heterocycles. The Morgan fingerprint density at radius 2 is 1.93 bits per heavy atom. The average Bonchev–Trinajstić information content (AvgIpc) is 3.84. The Balaban J connectivity index is 1.44. The van der Waals surface area contributed by atoms with E-state index in [1.54, 1.807) is 36.1 Å². The number of nitrogens with zero attached hydrogens (tertiary/aromatic N) is 5. The third-order valence-corrected chi connectivity index (χ3v) is 8.98. The Morgan fingerprint density at radius 3 is 2.57 bits per heavy atom. The molecule has 44 heavy (non-hydrogen) atoms. The topological polar surface area (TPSA) is 117 Å². The molecule has 11 heteroatoms. The number of hydrogen-bond acceptors (Lipinski definition) is 8. The van der Waals surface area contributed by atoms with Crippen LogP contribution in [0.25, 0.3) is 0 Å². The first-order valence-corrected chi connectivity index (χ1v) is 16.3. The Hall–Kier alpha value is -4.09. The van der Waals surface area contributed by atoms with Gasteiger partial charge in [0.25, 0.3) is 5.91 Å². The summed E-state index contributed by atoms with van der Waals surface area (Å²) in [6.07, 6.45) is 8.39. The fraction of sp³-hybridized carbons (Fsp3) is 0.394. The van der Waals surface area contributed by atoms with Gasteiger partial charge in [-0.2, -0.15) is 4.58 Å². The number of carbonyl (C=O) groups excluding carboxylic acids is 2. The summed E-state index contributed by atoms with van der Waals surface area (Å²) < 4.78 is 21.4. The number of aryl methyl sites for hydroxylation is 3. The molecule has 1 aromatic carbocycles. The highest BCUT2D eigenvalue weighted by Crippen LogP contribution is 2.40. The molecular formula is C33H39N6O4S+. The van der Waals surface area contributed by atoms with Crippen molar-refractivity contribution in [3.05, 3.63) is 83.1 Å². The smallest absolute Gasteiger partial charge is 0.411 e. The molecule has 1 saturated carbocycles. The molecule has 0 radical (unpaired) electrons. The van der Waals surface area contributed by atoms with Crippen LogP contribution >= 0.6 is 0 Å². The van der Waals surface area contributed by atoms with E-state index in [9.17, 15) is 13.8 Å². The summed E-state index contributed by atoms with van der Waals surface area (Å²) in [5.41, 5.74) is 4.72. The molecule has 2 atom stereocenters. The third kappa shape index (κ3) is 7.16. The van der Waals surface area contributed by atoms with Crippen LogP contribution in [-0.2, 0) is 15.6 Å². The highest BCUT2D eigenvalue weighted by Gasteiger charge is 2.31. The highest BCUT2D eigenvalue weighted by molar-refractivity contribution is 7.84. The first-order valence-electron chi connectivity index (χ1n) is 14.7. The van der Waals surface area contributed by atoms with Crippen molar-refractivity contribution in [3.8, 4) is 5.75 Å². The largest absolute Gasteiger partial charge is 0.481 e. The van der Waals surface area contributed by atoms with E-state index in [-0.39, 0.29) is 11.8 Å². The van der Waals surface area contributed by atoms with Gasteiger partial charge in [-0.3, -0.25) is 18.9 Å². The van der Waals surface area contributed by atoms with Gasteiger partial charge in [-0.25, -0.2) is 14.8 Å². The van der Waals surface area contributed by atoms with Crippen molar-refractivity contribution in [3.63, 3.8) is 0 Å². The molecule has 2 amide bonds. The SMILES string of the molecule is C=CC(=O)[N+]1=C(C)CN(C[C@@H](Oc2cc(C)c(C(=O)Nc3nc(C)ncc3C)cc2S(C)=O)c2ccc(C3CC3)cn2)CC1. The first kappa shape index (κ1) is 31.3. The minimum Gasteiger partial charge on any atom is -0.481 e. The minimum atomic E-state index is -1.45. The van der Waals surface area contributed by atoms with Gasteiger partial charge < -0.3 is 10.1 Å². The second-order valence-corrected chi connectivity index (χ2v) is 12.9. The molecule has 1 unspecified atom stereocenters. The Kier molecular flexibility index (Phi) is 9.45. The molecule has 0 spiro atoms. The lowest BCUT2D eigenvalue weighted by Gasteiger charge is -2.29. The van der Waals surface area contributed by atoms with Crippen LogP contribution in [0.4, 0.5) is 5.82 Å². The van der Waals surface area contributed by atoms with Crippen molar-refractivity contribution in [1.82, 2.24) is 19.9 Å². The van der Waals surface area contributed by atoms with Crippen LogP contribution in [0.2, 0.25) is 0 Å². The minimum absolute atomic E-state index is 0.105. The van der Waals surface area contributed by atoms with Gasteiger partial charge >= 0.3 is 5.91 Å². The predicted molar refractivity (Wildman–Crippen MR) is 170 cm³/mol. The maximum absolute atomic E-state index is 13.3. The number of nitrogens with one attached hydrogen (secondary N) is 1. The highest BCUT2D eigenvalue weighted by atomic mass is 32.2. The number of pyridine rings is 1. The van der Waals surface area contributed by atoms with E-state index in [2.05, 4.69) is 32.8 Å². The summed E-state index contributed by atoms with van der Waals surface area (Å²) in [4.78, 5) is 41.6. The van der Waals surface area contributed by atoms with Crippen molar-refractivity contribution in [2.75, 3.05) is 37.8 Å². The number of benzene rings is 1. The van der Waals surface area contributed by atoms with E-state index in [4.69, 9.17) is 9.72 Å². The Bertz CT molecular complexity index is 1670. The number of aromatic nitrogens is 3. The fourth-order valence-electron chi connectivity index (χ4n) is 5.38. The molecule has 5 rings (SSSR count). The molecule has 1 N–H and O–H groups in total. The molecule has 230 valence electrons. The molecule has 10 nitrogen and oxygen atoms in total. The van der Waals surface area contributed by atoms with Gasteiger partial charge in [0.2, 0.25) is 0 Å². The second-order valence-electron chi connectivity index (χ2n) is 11.5. The second kappa shape index (κ2) is 13.3. The van der Waals surface area contributed by atoms with E-state index in [1.165, 1.54) is 24.5 Å². The van der Waals surface area contributed by atoms with Crippen molar-refractivity contribution >= 4 is 34.1 Å². The monoisotopic (exact) mass is 615 g/mol. The van der Waals surface area contributed by atoms with Crippen LogP contribution in [0.5, 0.6) is 5.75 Å². The van der Waals surface area contributed by atoms with Crippen LogP contribution in [0.3, 0.4) is 0 Å². The standard InChI is InChI=1S/C33H38N6O4S/c1-7-31(40)39-13-12-38(18-22(39)4)19-29(27-11-10-25(17-35-27)24-8-9-24)43-28-14-20(2)26(15-30(28)44(6)42)33(41)37-32-21(3)16-34-23(5)36-32/h7,10-11,14-17,24,29H,1,8-9,12-13,18-19H2,2-6H3/p+1/t29-,44?/m1/s1. The average molecular weight is 616 g/mol. The molecule has 3 aromatic rings. The summed E-state index contributed by atoms with van der Waals surface area (Å²) in [6.45, 7) is 13.3. The summed E-state index contributed by atoms with van der Waals surface area (Å²) >= 11 is 0. The molecule has 1 aliphatic carbocycles. The predicted octanol–water partition coefficient (Wildman–Crippen LogP) is 4.29. The van der Waals surface area contributed by atoms with Crippen molar-refractivity contribution in [1.29, 1.82) is 0 Å². The molecule has 1 fully saturated rings. The fourth-order valence-corrected chi connectivity index (χ4v) is 6.06. The molecule has 3 heterocycles. The lowest BCUT2D eigenvalue weighted by Crippen LogP contribution is -2.47. The maximum Gasteiger partial charge on any atom is 0.411 e. The van der Waals surface area contributed by atoms with E-state index >= 15 is 0 Å². The number of ether oxygens (including phenoxy) is 1. The number of rotatable bonds is 10. The van der Waals surface area contributed by atoms with Crippen molar-refractivity contribution in [2.24, 2.45) is 0 Å². The van der Waals surface area contributed by atoms with Crippen LogP contribution in [-0.4, -0.2) is 78.6 Å². The Morgan fingerprint density at radius 1 is 1.16 bits per heavy atom. The molecule has 2 aliphatic rings. The van der Waals surface area contributed by atoms with E-state index in [0.717, 1.165) is 17.0 Å². The van der Waals surface area contributed by atoms with Crippen molar-refractivity contribution < 1.29 is 23.1 Å². The lowest BCUT2D eigenvalue weighted by atomic mass is 10.1. The quantitative estimate of drug-likeness (QED) is 0.265. The summed E-state index contributed by atoms with van der Waals surface area (Å²) in [5, 5.41) is 2.87. The lowest BCUT2D eigenvalue weighted by molar-refractivity contribution is -0.451. The number of hydrogen-bond donors (Lipinski definition) is 1. The van der Waals surface area contributed by atoms with Gasteiger partial charge in [0.05, 0.1) is 34.5 Å². The molecular weight excluding hydrogens is 576 g/mol. The van der Waals surface area contributed by atoms with E-state index < -0.39 is 16.9 Å². The summed E-state index contributed by atoms with van der Waals surface area (Å²) in [6, 6.07) is 7.53. The zero-order valence-corrected chi connectivity index (χ0v) is 26.7. The van der Waals surface area contributed by atoms with Crippen LogP contribution in [0.15, 0.2) is 54.2 Å². The molecule has 0 saturated heterocycles. The van der Waals surface area contributed by atoms with E-state index in [0.29, 0.717) is 65.5 Å². The molecule has 0 bridgehead atoms. The van der Waals surface area contributed by atoms with E-state index in [1.807, 2.05) is 33.0 Å². The van der Waals surface area contributed by atoms with Gasteiger partial charge in [0.15, 0.2) is 18.4 Å². The number of amides is 2. The zero-order chi connectivity index (χ0) is 31.5. The van der Waals surface area contributed by atoms with Gasteiger partial charge in [-0.1, -0.05) is 12.6 Å². The summed E-state index contributed by atoms with van der Waals surface area (Å²) in [7, 11) is -1.45. The van der Waals surface area contributed by atoms with Gasteiger partial charge in [-0.05, 0) is 68.9 Å². The normalized spacial score (nSPS) is 16.8. The van der Waals surface area contributed by atoms with Crippen molar-refractivity contribution in [2.45, 2.75) is 57.5 Å². The van der Waals surface area contributed by atoms with Crippen LogP contribution in [0, 0.1) is 20.8 Å². The Labute approximate surface area is 260 Å². The van der Waals surface area contributed by atoms with Crippen LogP contribution < -0.4 is 10.1 Å². The molecule has 2 aromatic heterocycles. The van der Waals surface area contributed by atoms with Gasteiger partial charge in [0, 0.05) is 49.3 Å². The number of carbonyl (C=O) groups is 2. The van der Waals surface area contributed by atoms with Gasteiger partial charge in [0.1, 0.15) is 17.4 Å².